The zero-order chi connectivity index (χ0) is 22.2. The van der Waals surface area contributed by atoms with Crippen molar-refractivity contribution in [2.45, 2.75) is 26.4 Å². The van der Waals surface area contributed by atoms with Crippen molar-refractivity contribution in [3.05, 3.63) is 82.0 Å². The molecule has 1 heterocycles. The van der Waals surface area contributed by atoms with Crippen molar-refractivity contribution < 1.29 is 14.4 Å². The lowest BCUT2D eigenvalue weighted by atomic mass is 10.1. The lowest BCUT2D eigenvalue weighted by Gasteiger charge is -2.14. The molecule has 7 nitrogen and oxygen atoms in total. The van der Waals surface area contributed by atoms with Crippen LogP contribution in [-0.2, 0) is 11.3 Å². The summed E-state index contributed by atoms with van der Waals surface area (Å²) in [4.78, 5) is 37.1. The molecule has 0 spiro atoms. The fourth-order valence-electron chi connectivity index (χ4n) is 2.83. The van der Waals surface area contributed by atoms with Gasteiger partial charge in [0.05, 0.1) is 17.5 Å². The van der Waals surface area contributed by atoms with Crippen LogP contribution in [0.25, 0.3) is 0 Å². The molecule has 1 atom stereocenters. The molecule has 8 heteroatoms. The summed E-state index contributed by atoms with van der Waals surface area (Å²) >= 11 is 1.35. The highest BCUT2D eigenvalue weighted by Gasteiger charge is 2.14. The number of anilines is 2. The van der Waals surface area contributed by atoms with E-state index in [-0.39, 0.29) is 23.9 Å². The summed E-state index contributed by atoms with van der Waals surface area (Å²) in [5.41, 5.74) is 2.27. The first-order chi connectivity index (χ1) is 14.9. The van der Waals surface area contributed by atoms with Crippen LogP contribution in [0.4, 0.5) is 16.2 Å². The van der Waals surface area contributed by atoms with E-state index < -0.39 is 0 Å². The van der Waals surface area contributed by atoms with Crippen molar-refractivity contribution in [1.82, 2.24) is 10.6 Å². The number of carbonyl (C=O) groups excluding carboxylic acids is 3. The normalized spacial score (nSPS) is 11.3. The monoisotopic (exact) mass is 436 g/mol. The van der Waals surface area contributed by atoms with Crippen LogP contribution in [0.5, 0.6) is 0 Å². The maximum Gasteiger partial charge on any atom is 0.323 e. The third-order valence-corrected chi connectivity index (χ3v) is 5.53. The van der Waals surface area contributed by atoms with Crippen LogP contribution in [0.15, 0.2) is 66.7 Å². The second-order valence-electron chi connectivity index (χ2n) is 6.94. The first kappa shape index (κ1) is 22.0. The summed E-state index contributed by atoms with van der Waals surface area (Å²) in [6, 6.07) is 19.5. The Morgan fingerprint density at radius 1 is 0.871 bits per heavy atom. The number of hydrogen-bond acceptors (Lipinski definition) is 4. The number of thiophene rings is 1. The van der Waals surface area contributed by atoms with Crippen molar-refractivity contribution in [2.24, 2.45) is 0 Å². The highest BCUT2D eigenvalue weighted by molar-refractivity contribution is 7.14. The molecule has 0 aliphatic rings. The Morgan fingerprint density at radius 3 is 2.16 bits per heavy atom. The molecule has 0 aliphatic carbocycles. The maximum atomic E-state index is 12.5. The summed E-state index contributed by atoms with van der Waals surface area (Å²) in [5, 5.41) is 11.2. The second-order valence-corrected chi connectivity index (χ2v) is 8.11. The minimum atomic E-state index is -0.326. The fraction of sp³-hybridized carbons (Fsp3) is 0.174. The van der Waals surface area contributed by atoms with Gasteiger partial charge < -0.3 is 21.3 Å². The Hall–Kier alpha value is -3.65. The number of hydrogen-bond donors (Lipinski definition) is 4. The van der Waals surface area contributed by atoms with E-state index >= 15 is 0 Å². The van der Waals surface area contributed by atoms with Crippen molar-refractivity contribution in [1.29, 1.82) is 0 Å². The molecule has 160 valence electrons. The molecule has 4 N–H and O–H groups in total. The summed E-state index contributed by atoms with van der Waals surface area (Å²) < 4.78 is 0. The number of para-hydroxylation sites is 1. The molecule has 1 unspecified atom stereocenters. The van der Waals surface area contributed by atoms with Crippen LogP contribution in [0, 0.1) is 0 Å². The van der Waals surface area contributed by atoms with Gasteiger partial charge in [0.1, 0.15) is 0 Å². The maximum absolute atomic E-state index is 12.5. The van der Waals surface area contributed by atoms with E-state index in [4.69, 9.17) is 0 Å². The van der Waals surface area contributed by atoms with Crippen molar-refractivity contribution in [2.75, 3.05) is 10.6 Å². The van der Waals surface area contributed by atoms with Gasteiger partial charge in [-0.3, -0.25) is 9.59 Å². The molecule has 1 aromatic heterocycles. The Morgan fingerprint density at radius 2 is 1.52 bits per heavy atom. The topological polar surface area (TPSA) is 99.3 Å². The average Bonchev–Trinajstić information content (AvgIpc) is 3.22. The van der Waals surface area contributed by atoms with E-state index in [0.717, 1.165) is 10.4 Å². The third kappa shape index (κ3) is 6.68. The van der Waals surface area contributed by atoms with Crippen LogP contribution in [0.2, 0.25) is 0 Å². The number of nitrogens with one attached hydrogen (secondary N) is 4. The molecule has 2 aromatic carbocycles. The van der Waals surface area contributed by atoms with E-state index in [2.05, 4.69) is 21.3 Å². The van der Waals surface area contributed by atoms with E-state index in [1.807, 2.05) is 55.5 Å². The molecule has 4 amide bonds. The molecule has 0 saturated carbocycles. The van der Waals surface area contributed by atoms with Gasteiger partial charge in [0.2, 0.25) is 5.91 Å². The molecule has 0 saturated heterocycles. The van der Waals surface area contributed by atoms with E-state index in [1.54, 1.807) is 18.2 Å². The number of urea groups is 1. The Bertz CT molecular complexity index is 1050. The SMILES string of the molecule is CC(=O)NCc1ccc(C(=O)NC(C)c2ccc(NC(=O)Nc3ccccc3)cc2)s1. The van der Waals surface area contributed by atoms with Gasteiger partial charge in [-0.2, -0.15) is 0 Å². The largest absolute Gasteiger partial charge is 0.351 e. The molecule has 0 bridgehead atoms. The summed E-state index contributed by atoms with van der Waals surface area (Å²) in [6.07, 6.45) is 0. The lowest BCUT2D eigenvalue weighted by Crippen LogP contribution is -2.26. The Kier molecular flexibility index (Phi) is 7.40. The van der Waals surface area contributed by atoms with Gasteiger partial charge in [0.25, 0.3) is 5.91 Å². The minimum absolute atomic E-state index is 0.108. The Balaban J connectivity index is 1.52. The van der Waals surface area contributed by atoms with Crippen molar-refractivity contribution in [3.8, 4) is 0 Å². The lowest BCUT2D eigenvalue weighted by molar-refractivity contribution is -0.119. The number of benzene rings is 2. The van der Waals surface area contributed by atoms with Crippen LogP contribution in [0.3, 0.4) is 0 Å². The van der Waals surface area contributed by atoms with Gasteiger partial charge in [0.15, 0.2) is 0 Å². The third-order valence-electron chi connectivity index (χ3n) is 4.44. The van der Waals surface area contributed by atoms with Crippen molar-refractivity contribution >= 4 is 40.6 Å². The molecule has 3 aromatic rings. The quantitative estimate of drug-likeness (QED) is 0.438. The zero-order valence-corrected chi connectivity index (χ0v) is 18.1. The predicted molar refractivity (Wildman–Crippen MR) is 123 cm³/mol. The molecule has 0 aliphatic heterocycles. The van der Waals surface area contributed by atoms with Gasteiger partial charge in [-0.25, -0.2) is 4.79 Å². The fourth-order valence-corrected chi connectivity index (χ4v) is 3.68. The predicted octanol–water partition coefficient (Wildman–Crippen LogP) is 4.52. The van der Waals surface area contributed by atoms with Gasteiger partial charge in [0, 0.05) is 23.2 Å². The summed E-state index contributed by atoms with van der Waals surface area (Å²) in [7, 11) is 0. The van der Waals surface area contributed by atoms with Gasteiger partial charge in [-0.15, -0.1) is 11.3 Å². The first-order valence-corrected chi connectivity index (χ1v) is 10.6. The summed E-state index contributed by atoms with van der Waals surface area (Å²) in [6.45, 7) is 3.77. The van der Waals surface area contributed by atoms with Crippen LogP contribution in [-0.4, -0.2) is 17.8 Å². The van der Waals surface area contributed by atoms with Crippen molar-refractivity contribution in [3.63, 3.8) is 0 Å². The molecule has 3 rings (SSSR count). The average molecular weight is 437 g/mol. The van der Waals surface area contributed by atoms with Gasteiger partial charge in [-0.05, 0) is 48.9 Å². The van der Waals surface area contributed by atoms with E-state index in [1.165, 1.54) is 18.3 Å². The number of carbonyl (C=O) groups is 3. The van der Waals surface area contributed by atoms with Gasteiger partial charge in [-0.1, -0.05) is 30.3 Å². The molecular weight excluding hydrogens is 412 g/mol. The Labute approximate surface area is 184 Å². The van der Waals surface area contributed by atoms with E-state index in [9.17, 15) is 14.4 Å². The molecule has 0 fully saturated rings. The molecule has 31 heavy (non-hydrogen) atoms. The van der Waals surface area contributed by atoms with Gasteiger partial charge >= 0.3 is 6.03 Å². The van der Waals surface area contributed by atoms with Crippen LogP contribution in [0.1, 0.15) is 40.0 Å². The van der Waals surface area contributed by atoms with Crippen LogP contribution < -0.4 is 21.3 Å². The minimum Gasteiger partial charge on any atom is -0.351 e. The highest BCUT2D eigenvalue weighted by Crippen LogP contribution is 2.20. The molecular formula is C23H24N4O3S. The number of rotatable bonds is 7. The number of amides is 4. The standard InChI is InChI=1S/C23H24N4O3S/c1-15(25-22(29)21-13-12-20(31-21)14-24-16(2)28)17-8-10-19(11-9-17)27-23(30)26-18-6-4-3-5-7-18/h3-13,15H,14H2,1-2H3,(H,24,28)(H,25,29)(H2,26,27,30). The summed E-state index contributed by atoms with van der Waals surface area (Å²) in [5.74, 6) is -0.278. The highest BCUT2D eigenvalue weighted by atomic mass is 32.1. The van der Waals surface area contributed by atoms with Crippen LogP contribution >= 0.6 is 11.3 Å². The molecule has 0 radical (unpaired) electrons. The smallest absolute Gasteiger partial charge is 0.323 e. The zero-order valence-electron chi connectivity index (χ0n) is 17.3. The first-order valence-electron chi connectivity index (χ1n) is 9.78. The second kappa shape index (κ2) is 10.4. The van der Waals surface area contributed by atoms with E-state index in [0.29, 0.717) is 22.8 Å².